The van der Waals surface area contributed by atoms with Gasteiger partial charge in [0.25, 0.3) is 5.91 Å². The van der Waals surface area contributed by atoms with Crippen molar-refractivity contribution >= 4 is 22.4 Å². The van der Waals surface area contributed by atoms with Gasteiger partial charge in [-0.05, 0) is 25.1 Å². The summed E-state index contributed by atoms with van der Waals surface area (Å²) < 4.78 is 16.6. The maximum atomic E-state index is 12.3. The van der Waals surface area contributed by atoms with Crippen LogP contribution in [-0.2, 0) is 10.8 Å². The summed E-state index contributed by atoms with van der Waals surface area (Å²) in [7, 11) is -0.783. The van der Waals surface area contributed by atoms with Crippen LogP contribution < -0.4 is 10.5 Å². The zero-order valence-corrected chi connectivity index (χ0v) is 11.7. The molecule has 1 fully saturated rings. The van der Waals surface area contributed by atoms with Crippen LogP contribution in [0.2, 0.25) is 0 Å². The largest absolute Gasteiger partial charge is 0.492 e. The van der Waals surface area contributed by atoms with E-state index in [0.717, 1.165) is 0 Å². The standard InChI is InChI=1S/C13H18N2O3S/c1-2-18-12-4-3-10(9-11(12)14)13(16)15-5-7-19(17)8-6-15/h3-4,9H,2,5-8,14H2,1H3. The summed E-state index contributed by atoms with van der Waals surface area (Å²) in [6.45, 7) is 3.50. The third-order valence-corrected chi connectivity index (χ3v) is 4.30. The molecule has 1 aliphatic rings. The predicted octanol–water partition coefficient (Wildman–Crippen LogP) is 0.872. The van der Waals surface area contributed by atoms with E-state index >= 15 is 0 Å². The highest BCUT2D eigenvalue weighted by molar-refractivity contribution is 7.85. The van der Waals surface area contributed by atoms with E-state index in [4.69, 9.17) is 10.5 Å². The molecular weight excluding hydrogens is 264 g/mol. The van der Waals surface area contributed by atoms with Crippen LogP contribution in [0.1, 0.15) is 17.3 Å². The number of rotatable bonds is 3. The van der Waals surface area contributed by atoms with E-state index < -0.39 is 10.8 Å². The van der Waals surface area contributed by atoms with Gasteiger partial charge in [-0.25, -0.2) is 0 Å². The highest BCUT2D eigenvalue weighted by atomic mass is 32.2. The number of hydrogen-bond donors (Lipinski definition) is 1. The van der Waals surface area contributed by atoms with E-state index in [2.05, 4.69) is 0 Å². The average molecular weight is 282 g/mol. The summed E-state index contributed by atoms with van der Waals surface area (Å²) >= 11 is 0. The quantitative estimate of drug-likeness (QED) is 0.835. The average Bonchev–Trinajstić information content (AvgIpc) is 2.41. The first-order valence-corrected chi connectivity index (χ1v) is 7.77. The minimum absolute atomic E-state index is 0.0635. The molecule has 0 aliphatic carbocycles. The molecule has 0 aromatic heterocycles. The van der Waals surface area contributed by atoms with Gasteiger partial charge in [0, 0.05) is 41.0 Å². The maximum absolute atomic E-state index is 12.3. The second-order valence-electron chi connectivity index (χ2n) is 4.33. The van der Waals surface area contributed by atoms with Crippen molar-refractivity contribution in [3.63, 3.8) is 0 Å². The molecule has 5 nitrogen and oxygen atoms in total. The summed E-state index contributed by atoms with van der Waals surface area (Å²) in [6, 6.07) is 5.07. The first-order chi connectivity index (χ1) is 9.11. The van der Waals surface area contributed by atoms with Crippen molar-refractivity contribution in [2.24, 2.45) is 0 Å². The zero-order valence-electron chi connectivity index (χ0n) is 10.9. The monoisotopic (exact) mass is 282 g/mol. The molecule has 1 amide bonds. The third kappa shape index (κ3) is 3.26. The number of carbonyl (C=O) groups excluding carboxylic acids is 1. The van der Waals surface area contributed by atoms with Crippen LogP contribution in [0.4, 0.5) is 5.69 Å². The summed E-state index contributed by atoms with van der Waals surface area (Å²) in [5, 5.41) is 0. The summed E-state index contributed by atoms with van der Waals surface area (Å²) in [4.78, 5) is 14.0. The molecule has 6 heteroatoms. The Morgan fingerprint density at radius 1 is 1.42 bits per heavy atom. The number of benzene rings is 1. The Morgan fingerprint density at radius 3 is 2.68 bits per heavy atom. The van der Waals surface area contributed by atoms with Gasteiger partial charge in [-0.2, -0.15) is 0 Å². The number of ether oxygens (including phenoxy) is 1. The number of amides is 1. The number of nitrogen functional groups attached to an aromatic ring is 1. The zero-order chi connectivity index (χ0) is 13.8. The first-order valence-electron chi connectivity index (χ1n) is 6.28. The molecule has 0 spiro atoms. The van der Waals surface area contributed by atoms with E-state index in [0.29, 0.717) is 48.2 Å². The van der Waals surface area contributed by atoms with Gasteiger partial charge in [0.15, 0.2) is 0 Å². The van der Waals surface area contributed by atoms with Gasteiger partial charge in [-0.15, -0.1) is 0 Å². The van der Waals surface area contributed by atoms with Gasteiger partial charge in [0.05, 0.1) is 12.3 Å². The number of nitrogens with two attached hydrogens (primary N) is 1. The van der Waals surface area contributed by atoms with Crippen molar-refractivity contribution in [2.45, 2.75) is 6.92 Å². The number of anilines is 1. The Bertz CT molecular complexity index is 495. The van der Waals surface area contributed by atoms with Crippen molar-refractivity contribution in [1.29, 1.82) is 0 Å². The Kier molecular flexibility index (Phi) is 4.42. The molecule has 1 heterocycles. The first kappa shape index (κ1) is 13.9. The van der Waals surface area contributed by atoms with Crippen LogP contribution in [-0.4, -0.2) is 46.2 Å². The van der Waals surface area contributed by atoms with Crippen LogP contribution in [0.5, 0.6) is 5.75 Å². The molecule has 2 rings (SSSR count). The van der Waals surface area contributed by atoms with Crippen LogP contribution in [0.15, 0.2) is 18.2 Å². The Balaban J connectivity index is 2.11. The minimum atomic E-state index is -0.783. The van der Waals surface area contributed by atoms with Gasteiger partial charge in [-0.3, -0.25) is 9.00 Å². The lowest BCUT2D eigenvalue weighted by atomic mass is 10.1. The fourth-order valence-corrected chi connectivity index (χ4v) is 3.04. The van der Waals surface area contributed by atoms with Crippen molar-refractivity contribution in [1.82, 2.24) is 4.90 Å². The highest BCUT2D eigenvalue weighted by Crippen LogP contribution is 2.23. The van der Waals surface area contributed by atoms with Crippen LogP contribution in [0, 0.1) is 0 Å². The lowest BCUT2D eigenvalue weighted by Crippen LogP contribution is -2.41. The Labute approximate surface area is 115 Å². The van der Waals surface area contributed by atoms with Crippen molar-refractivity contribution in [3.05, 3.63) is 23.8 Å². The molecule has 1 saturated heterocycles. The normalized spacial score (nSPS) is 16.4. The topological polar surface area (TPSA) is 72.6 Å². The third-order valence-electron chi connectivity index (χ3n) is 3.02. The maximum Gasteiger partial charge on any atom is 0.253 e. The van der Waals surface area contributed by atoms with Crippen LogP contribution in [0.25, 0.3) is 0 Å². The van der Waals surface area contributed by atoms with Gasteiger partial charge in [-0.1, -0.05) is 0 Å². The second-order valence-corrected chi connectivity index (χ2v) is 6.02. The Hall–Kier alpha value is -1.56. The predicted molar refractivity (Wildman–Crippen MR) is 75.8 cm³/mol. The van der Waals surface area contributed by atoms with Gasteiger partial charge >= 0.3 is 0 Å². The molecule has 1 aromatic rings. The number of nitrogens with zero attached hydrogens (tertiary/aromatic N) is 1. The molecule has 1 aromatic carbocycles. The molecule has 0 bridgehead atoms. The fraction of sp³-hybridized carbons (Fsp3) is 0.462. The summed E-state index contributed by atoms with van der Waals surface area (Å²) in [5.41, 5.74) is 6.87. The SMILES string of the molecule is CCOc1ccc(C(=O)N2CCS(=O)CC2)cc1N. The number of hydrogen-bond acceptors (Lipinski definition) is 4. The van der Waals surface area contributed by atoms with Gasteiger partial charge in [0.1, 0.15) is 5.75 Å². The van der Waals surface area contributed by atoms with E-state index in [1.165, 1.54) is 0 Å². The van der Waals surface area contributed by atoms with Crippen molar-refractivity contribution in [3.8, 4) is 5.75 Å². The minimum Gasteiger partial charge on any atom is -0.492 e. The van der Waals surface area contributed by atoms with E-state index in [1.807, 2.05) is 6.92 Å². The lowest BCUT2D eigenvalue weighted by molar-refractivity contribution is 0.0771. The summed E-state index contributed by atoms with van der Waals surface area (Å²) in [6.07, 6.45) is 0. The van der Waals surface area contributed by atoms with Crippen LogP contribution in [0.3, 0.4) is 0 Å². The number of carbonyl (C=O) groups is 1. The van der Waals surface area contributed by atoms with Crippen molar-refractivity contribution < 1.29 is 13.7 Å². The second kappa shape index (κ2) is 6.06. The molecule has 0 saturated carbocycles. The van der Waals surface area contributed by atoms with Gasteiger partial charge < -0.3 is 15.4 Å². The molecular formula is C13H18N2O3S. The molecule has 0 unspecified atom stereocenters. The molecule has 1 aliphatic heterocycles. The van der Waals surface area contributed by atoms with E-state index in [1.54, 1.807) is 23.1 Å². The molecule has 0 atom stereocenters. The van der Waals surface area contributed by atoms with Crippen LogP contribution >= 0.6 is 0 Å². The highest BCUT2D eigenvalue weighted by Gasteiger charge is 2.21. The molecule has 104 valence electrons. The molecule has 19 heavy (non-hydrogen) atoms. The van der Waals surface area contributed by atoms with E-state index in [-0.39, 0.29) is 5.91 Å². The fourth-order valence-electron chi connectivity index (χ4n) is 1.99. The molecule has 2 N–H and O–H groups in total. The van der Waals surface area contributed by atoms with Gasteiger partial charge in [0.2, 0.25) is 0 Å². The Morgan fingerprint density at radius 2 is 2.11 bits per heavy atom. The molecule has 0 radical (unpaired) electrons. The smallest absolute Gasteiger partial charge is 0.253 e. The van der Waals surface area contributed by atoms with E-state index in [9.17, 15) is 9.00 Å². The van der Waals surface area contributed by atoms with Crippen molar-refractivity contribution in [2.75, 3.05) is 36.9 Å². The lowest BCUT2D eigenvalue weighted by Gasteiger charge is -2.26. The summed E-state index contributed by atoms with van der Waals surface area (Å²) in [5.74, 6) is 1.64.